The zero-order valence-electron chi connectivity index (χ0n) is 16.6. The van der Waals surface area contributed by atoms with E-state index in [9.17, 15) is 0 Å². The highest BCUT2D eigenvalue weighted by Gasteiger charge is 2.30. The van der Waals surface area contributed by atoms with E-state index in [1.165, 1.54) is 17.5 Å². The van der Waals surface area contributed by atoms with Crippen molar-refractivity contribution in [1.82, 2.24) is 24.9 Å². The van der Waals surface area contributed by atoms with Gasteiger partial charge in [-0.15, -0.1) is 0 Å². The molecule has 2 fully saturated rings. The van der Waals surface area contributed by atoms with E-state index < -0.39 is 0 Å². The van der Waals surface area contributed by atoms with Crippen molar-refractivity contribution in [3.63, 3.8) is 0 Å². The van der Waals surface area contributed by atoms with Crippen LogP contribution in [-0.4, -0.2) is 78.0 Å². The van der Waals surface area contributed by atoms with Gasteiger partial charge in [0.25, 0.3) is 0 Å². The number of nitrogens with one attached hydrogen (secondary N) is 1. The van der Waals surface area contributed by atoms with Crippen LogP contribution in [0.5, 0.6) is 0 Å². The average molecular weight is 383 g/mol. The molecule has 4 rings (SSSR count). The van der Waals surface area contributed by atoms with Gasteiger partial charge in [0.15, 0.2) is 5.96 Å². The summed E-state index contributed by atoms with van der Waals surface area (Å²) in [5.41, 5.74) is 2.56. The summed E-state index contributed by atoms with van der Waals surface area (Å²) in [7, 11) is 1.88. The Hall–Kier alpha value is -2.38. The van der Waals surface area contributed by atoms with E-state index in [1.54, 1.807) is 0 Å². The van der Waals surface area contributed by atoms with Gasteiger partial charge in [-0.2, -0.15) is 5.10 Å². The molecule has 1 aromatic heterocycles. The van der Waals surface area contributed by atoms with Crippen LogP contribution in [-0.2, 0) is 17.8 Å². The Morgan fingerprint density at radius 3 is 2.75 bits per heavy atom. The molecule has 7 nitrogen and oxygen atoms in total. The Morgan fingerprint density at radius 2 is 2.00 bits per heavy atom. The lowest BCUT2D eigenvalue weighted by Crippen LogP contribution is -2.46. The third-order valence-electron chi connectivity index (χ3n) is 5.68. The van der Waals surface area contributed by atoms with E-state index in [0.717, 1.165) is 58.4 Å². The molecular formula is C21H30N6O. The molecule has 3 heterocycles. The normalized spacial score (nSPS) is 21.2. The fourth-order valence-corrected chi connectivity index (χ4v) is 4.13. The molecule has 1 N–H and O–H groups in total. The molecule has 0 saturated carbocycles. The SMILES string of the molecule is CN=C(NCc1ccccc1Cn1cccn1)N1CCC(N2CCOCC2)C1. The molecule has 2 aliphatic rings. The van der Waals surface area contributed by atoms with Crippen molar-refractivity contribution < 1.29 is 4.74 Å². The number of hydrogen-bond acceptors (Lipinski definition) is 4. The van der Waals surface area contributed by atoms with Gasteiger partial charge < -0.3 is 15.0 Å². The van der Waals surface area contributed by atoms with Gasteiger partial charge in [0.05, 0.1) is 19.8 Å². The third kappa shape index (κ3) is 4.54. The Bertz CT molecular complexity index is 769. The fraction of sp³-hybridized carbons (Fsp3) is 0.524. The largest absolute Gasteiger partial charge is 0.379 e. The second-order valence-corrected chi connectivity index (χ2v) is 7.41. The van der Waals surface area contributed by atoms with Crippen LogP contribution in [0.25, 0.3) is 0 Å². The summed E-state index contributed by atoms with van der Waals surface area (Å²) in [4.78, 5) is 9.49. The number of likely N-dealkylation sites (tertiary alicyclic amines) is 1. The predicted molar refractivity (Wildman–Crippen MR) is 110 cm³/mol. The van der Waals surface area contributed by atoms with Crippen LogP contribution in [0, 0.1) is 0 Å². The Labute approximate surface area is 167 Å². The molecule has 1 atom stereocenters. The molecule has 1 unspecified atom stereocenters. The number of guanidine groups is 1. The molecular weight excluding hydrogens is 352 g/mol. The number of ether oxygens (including phenoxy) is 1. The van der Waals surface area contributed by atoms with E-state index in [0.29, 0.717) is 6.04 Å². The van der Waals surface area contributed by atoms with Gasteiger partial charge in [-0.25, -0.2) is 0 Å². The maximum atomic E-state index is 5.49. The summed E-state index contributed by atoms with van der Waals surface area (Å²) in [6, 6.07) is 11.1. The summed E-state index contributed by atoms with van der Waals surface area (Å²) in [6.07, 6.45) is 5.01. The van der Waals surface area contributed by atoms with Crippen LogP contribution in [0.1, 0.15) is 17.5 Å². The van der Waals surface area contributed by atoms with E-state index in [1.807, 2.05) is 30.2 Å². The van der Waals surface area contributed by atoms with Crippen LogP contribution in [0.15, 0.2) is 47.7 Å². The minimum absolute atomic E-state index is 0.606. The number of benzene rings is 1. The second-order valence-electron chi connectivity index (χ2n) is 7.41. The Kier molecular flexibility index (Phi) is 6.24. The van der Waals surface area contributed by atoms with Crippen molar-refractivity contribution in [3.05, 3.63) is 53.9 Å². The monoisotopic (exact) mass is 382 g/mol. The minimum atomic E-state index is 0.606. The maximum absolute atomic E-state index is 5.49. The Balaban J connectivity index is 1.35. The molecule has 2 aliphatic heterocycles. The summed E-state index contributed by atoms with van der Waals surface area (Å²) in [5, 5.41) is 7.90. The molecule has 0 radical (unpaired) electrons. The summed E-state index contributed by atoms with van der Waals surface area (Å²) in [5.74, 6) is 0.990. The number of rotatable bonds is 5. The maximum Gasteiger partial charge on any atom is 0.193 e. The first-order valence-electron chi connectivity index (χ1n) is 10.1. The molecule has 0 bridgehead atoms. The third-order valence-corrected chi connectivity index (χ3v) is 5.68. The van der Waals surface area contributed by atoms with Crippen molar-refractivity contribution in [2.75, 3.05) is 46.4 Å². The van der Waals surface area contributed by atoms with E-state index in [4.69, 9.17) is 4.74 Å². The first-order valence-corrected chi connectivity index (χ1v) is 10.1. The van der Waals surface area contributed by atoms with Gasteiger partial charge in [0.1, 0.15) is 0 Å². The first kappa shape index (κ1) is 19.0. The molecule has 28 heavy (non-hydrogen) atoms. The van der Waals surface area contributed by atoms with E-state index in [2.05, 4.69) is 49.5 Å². The van der Waals surface area contributed by atoms with Crippen molar-refractivity contribution in [2.45, 2.75) is 25.6 Å². The van der Waals surface area contributed by atoms with Crippen LogP contribution in [0.3, 0.4) is 0 Å². The van der Waals surface area contributed by atoms with Crippen molar-refractivity contribution >= 4 is 5.96 Å². The predicted octanol–water partition coefficient (Wildman–Crippen LogP) is 1.41. The molecule has 2 aromatic rings. The number of nitrogens with zero attached hydrogens (tertiary/aromatic N) is 5. The lowest BCUT2D eigenvalue weighted by Gasteiger charge is -2.32. The summed E-state index contributed by atoms with van der Waals surface area (Å²) >= 11 is 0. The number of aromatic nitrogens is 2. The van der Waals surface area contributed by atoms with Gasteiger partial charge in [0.2, 0.25) is 0 Å². The molecule has 0 amide bonds. The highest BCUT2D eigenvalue weighted by atomic mass is 16.5. The van der Waals surface area contributed by atoms with Gasteiger partial charge >= 0.3 is 0 Å². The summed E-state index contributed by atoms with van der Waals surface area (Å²) in [6.45, 7) is 7.45. The summed E-state index contributed by atoms with van der Waals surface area (Å²) < 4.78 is 7.45. The second kappa shape index (κ2) is 9.21. The van der Waals surface area contributed by atoms with Crippen LogP contribution in [0.4, 0.5) is 0 Å². The number of hydrogen-bond donors (Lipinski definition) is 1. The van der Waals surface area contributed by atoms with E-state index >= 15 is 0 Å². The molecule has 150 valence electrons. The standard InChI is InChI=1S/C21H30N6O/c1-22-21(26-10-7-20(17-26)25-11-13-28-14-12-25)23-15-18-5-2-3-6-19(18)16-27-9-4-8-24-27/h2-6,8-9,20H,7,10-17H2,1H3,(H,22,23). The van der Waals surface area contributed by atoms with Crippen molar-refractivity contribution in [3.8, 4) is 0 Å². The highest BCUT2D eigenvalue weighted by molar-refractivity contribution is 5.80. The number of aliphatic imine (C=N–C) groups is 1. The zero-order valence-corrected chi connectivity index (χ0v) is 16.6. The number of morpholine rings is 1. The molecule has 7 heteroatoms. The van der Waals surface area contributed by atoms with E-state index in [-0.39, 0.29) is 0 Å². The van der Waals surface area contributed by atoms with Gasteiger partial charge in [-0.1, -0.05) is 24.3 Å². The smallest absolute Gasteiger partial charge is 0.193 e. The first-order chi connectivity index (χ1) is 13.8. The molecule has 1 aromatic carbocycles. The van der Waals surface area contributed by atoms with Gasteiger partial charge in [-0.05, 0) is 23.6 Å². The molecule has 0 spiro atoms. The van der Waals surface area contributed by atoms with Crippen LogP contribution >= 0.6 is 0 Å². The van der Waals surface area contributed by atoms with Gasteiger partial charge in [0, 0.05) is 58.2 Å². The molecule has 0 aliphatic carbocycles. The average Bonchev–Trinajstić information content (AvgIpc) is 3.43. The van der Waals surface area contributed by atoms with Crippen molar-refractivity contribution in [2.24, 2.45) is 4.99 Å². The lowest BCUT2D eigenvalue weighted by atomic mass is 10.1. The Morgan fingerprint density at radius 1 is 1.18 bits per heavy atom. The quantitative estimate of drug-likeness (QED) is 0.626. The van der Waals surface area contributed by atoms with Crippen LogP contribution in [0.2, 0.25) is 0 Å². The fourth-order valence-electron chi connectivity index (χ4n) is 4.13. The topological polar surface area (TPSA) is 57.9 Å². The minimum Gasteiger partial charge on any atom is -0.379 e. The van der Waals surface area contributed by atoms with Crippen molar-refractivity contribution in [1.29, 1.82) is 0 Å². The van der Waals surface area contributed by atoms with Gasteiger partial charge in [-0.3, -0.25) is 14.6 Å². The highest BCUT2D eigenvalue weighted by Crippen LogP contribution is 2.17. The lowest BCUT2D eigenvalue weighted by molar-refractivity contribution is 0.0195. The molecule has 2 saturated heterocycles. The van der Waals surface area contributed by atoms with Crippen LogP contribution < -0.4 is 5.32 Å². The zero-order chi connectivity index (χ0) is 19.2.